The zero-order valence-electron chi connectivity index (χ0n) is 8.29. The van der Waals surface area contributed by atoms with Crippen LogP contribution in [0.3, 0.4) is 0 Å². The molecule has 1 aliphatic rings. The van der Waals surface area contributed by atoms with Gasteiger partial charge in [-0.1, -0.05) is 23.8 Å². The molecule has 14 heavy (non-hydrogen) atoms. The lowest BCUT2D eigenvalue weighted by Crippen LogP contribution is -2.17. The number of isocyanates is 1. The molecule has 2 rings (SSSR count). The van der Waals surface area contributed by atoms with Crippen LogP contribution in [-0.4, -0.2) is 12.1 Å². The molecule has 72 valence electrons. The van der Waals surface area contributed by atoms with Gasteiger partial charge in [0, 0.05) is 0 Å². The van der Waals surface area contributed by atoms with Crippen molar-refractivity contribution in [2.75, 3.05) is 0 Å². The summed E-state index contributed by atoms with van der Waals surface area (Å²) in [7, 11) is 0. The molecule has 1 aromatic carbocycles. The molecule has 1 atom stereocenters. The van der Waals surface area contributed by atoms with Gasteiger partial charge in [-0.2, -0.15) is 0 Å². The van der Waals surface area contributed by atoms with Gasteiger partial charge < -0.3 is 0 Å². The lowest BCUT2D eigenvalue weighted by molar-refractivity contribution is 0.539. The Morgan fingerprint density at radius 3 is 3.07 bits per heavy atom. The summed E-state index contributed by atoms with van der Waals surface area (Å²) in [6, 6.07) is 6.68. The largest absolute Gasteiger partial charge is 0.235 e. The zero-order chi connectivity index (χ0) is 9.97. The van der Waals surface area contributed by atoms with Crippen LogP contribution in [0.15, 0.2) is 23.2 Å². The summed E-state index contributed by atoms with van der Waals surface area (Å²) in [6.45, 7) is 2.09. The standard InChI is InChI=1S/C12H13NO/c1-9-2-3-10-4-5-12(13-8-14)7-11(10)6-9/h2-3,6,12H,4-5,7H2,1H3. The summed E-state index contributed by atoms with van der Waals surface area (Å²) < 4.78 is 0. The zero-order valence-corrected chi connectivity index (χ0v) is 8.29. The molecule has 0 heterocycles. The summed E-state index contributed by atoms with van der Waals surface area (Å²) in [4.78, 5) is 14.0. The molecular formula is C12H13NO. The van der Waals surface area contributed by atoms with Gasteiger partial charge in [-0.3, -0.25) is 0 Å². The maximum atomic E-state index is 10.2. The van der Waals surface area contributed by atoms with Crippen LogP contribution in [0.4, 0.5) is 0 Å². The summed E-state index contributed by atoms with van der Waals surface area (Å²) in [5.41, 5.74) is 4.03. The van der Waals surface area contributed by atoms with E-state index in [0.717, 1.165) is 19.3 Å². The molecular weight excluding hydrogens is 174 g/mol. The highest BCUT2D eigenvalue weighted by Gasteiger charge is 2.17. The van der Waals surface area contributed by atoms with Crippen molar-refractivity contribution in [1.29, 1.82) is 0 Å². The van der Waals surface area contributed by atoms with Crippen molar-refractivity contribution in [1.82, 2.24) is 0 Å². The lowest BCUT2D eigenvalue weighted by atomic mass is 9.88. The molecule has 0 saturated carbocycles. The second kappa shape index (κ2) is 3.77. The van der Waals surface area contributed by atoms with E-state index in [1.165, 1.54) is 16.7 Å². The van der Waals surface area contributed by atoms with Gasteiger partial charge in [0.2, 0.25) is 6.08 Å². The normalized spacial score (nSPS) is 19.6. The number of hydrogen-bond acceptors (Lipinski definition) is 2. The summed E-state index contributed by atoms with van der Waals surface area (Å²) >= 11 is 0. The molecule has 2 nitrogen and oxygen atoms in total. The van der Waals surface area contributed by atoms with Gasteiger partial charge in [-0.05, 0) is 37.3 Å². The van der Waals surface area contributed by atoms with E-state index in [-0.39, 0.29) is 6.04 Å². The molecule has 0 radical (unpaired) electrons. The number of benzene rings is 1. The number of nitrogens with zero attached hydrogens (tertiary/aromatic N) is 1. The third-order valence-electron chi connectivity index (χ3n) is 2.80. The van der Waals surface area contributed by atoms with E-state index < -0.39 is 0 Å². The molecule has 0 amide bonds. The molecule has 0 N–H and O–H groups in total. The van der Waals surface area contributed by atoms with E-state index in [0.29, 0.717) is 0 Å². The molecule has 0 saturated heterocycles. The number of hydrogen-bond donors (Lipinski definition) is 0. The average molecular weight is 187 g/mol. The first-order valence-corrected chi connectivity index (χ1v) is 4.95. The van der Waals surface area contributed by atoms with Crippen LogP contribution in [0.5, 0.6) is 0 Å². The first-order chi connectivity index (χ1) is 6.79. The molecule has 1 aromatic rings. The Labute approximate surface area is 83.7 Å². The molecule has 0 bridgehead atoms. The quantitative estimate of drug-likeness (QED) is 0.489. The molecule has 2 heteroatoms. The predicted octanol–water partition coefficient (Wildman–Crippen LogP) is 2.19. The van der Waals surface area contributed by atoms with Crippen molar-refractivity contribution in [2.45, 2.75) is 32.2 Å². The third-order valence-corrected chi connectivity index (χ3v) is 2.80. The van der Waals surface area contributed by atoms with E-state index in [4.69, 9.17) is 0 Å². The smallest absolute Gasteiger partial charge is 0.211 e. The molecule has 0 fully saturated rings. The fraction of sp³-hybridized carbons (Fsp3) is 0.417. The number of aryl methyl sites for hydroxylation is 2. The van der Waals surface area contributed by atoms with Gasteiger partial charge in [0.1, 0.15) is 0 Å². The van der Waals surface area contributed by atoms with E-state index in [1.54, 1.807) is 6.08 Å². The second-order valence-corrected chi connectivity index (χ2v) is 3.89. The van der Waals surface area contributed by atoms with Crippen molar-refractivity contribution >= 4 is 6.08 Å². The number of fused-ring (bicyclic) bond motifs is 1. The van der Waals surface area contributed by atoms with Crippen molar-refractivity contribution in [3.05, 3.63) is 34.9 Å². The van der Waals surface area contributed by atoms with Crippen LogP contribution in [-0.2, 0) is 17.6 Å². The van der Waals surface area contributed by atoms with Crippen LogP contribution in [0.25, 0.3) is 0 Å². The molecule has 1 aliphatic carbocycles. The summed E-state index contributed by atoms with van der Waals surface area (Å²) in [6.07, 6.45) is 4.56. The first kappa shape index (κ1) is 9.17. The van der Waals surface area contributed by atoms with Crippen molar-refractivity contribution < 1.29 is 4.79 Å². The number of carbonyl (C=O) groups excluding carboxylic acids is 1. The summed E-state index contributed by atoms with van der Waals surface area (Å²) in [5.74, 6) is 0. The van der Waals surface area contributed by atoms with Crippen LogP contribution in [0.1, 0.15) is 23.1 Å². The third kappa shape index (κ3) is 1.75. The maximum absolute atomic E-state index is 10.2. The van der Waals surface area contributed by atoms with Crippen LogP contribution < -0.4 is 0 Å². The fourth-order valence-electron chi connectivity index (χ4n) is 2.05. The van der Waals surface area contributed by atoms with E-state index in [9.17, 15) is 4.79 Å². The minimum Gasteiger partial charge on any atom is -0.211 e. The van der Waals surface area contributed by atoms with E-state index >= 15 is 0 Å². The fourth-order valence-corrected chi connectivity index (χ4v) is 2.05. The monoisotopic (exact) mass is 187 g/mol. The van der Waals surface area contributed by atoms with Crippen LogP contribution in [0.2, 0.25) is 0 Å². The van der Waals surface area contributed by atoms with Crippen molar-refractivity contribution in [2.24, 2.45) is 4.99 Å². The predicted molar refractivity (Wildman–Crippen MR) is 55.1 cm³/mol. The molecule has 0 aromatic heterocycles. The van der Waals surface area contributed by atoms with Crippen molar-refractivity contribution in [3.63, 3.8) is 0 Å². The molecule has 0 spiro atoms. The van der Waals surface area contributed by atoms with Gasteiger partial charge >= 0.3 is 0 Å². The van der Waals surface area contributed by atoms with Crippen LogP contribution >= 0.6 is 0 Å². The maximum Gasteiger partial charge on any atom is 0.235 e. The Morgan fingerprint density at radius 2 is 2.29 bits per heavy atom. The van der Waals surface area contributed by atoms with Gasteiger partial charge in [-0.25, -0.2) is 9.79 Å². The number of aliphatic imine (C=N–C) groups is 1. The number of rotatable bonds is 1. The van der Waals surface area contributed by atoms with Gasteiger partial charge in [-0.15, -0.1) is 0 Å². The minimum absolute atomic E-state index is 0.154. The minimum atomic E-state index is 0.154. The Morgan fingerprint density at radius 1 is 1.43 bits per heavy atom. The van der Waals surface area contributed by atoms with E-state index in [1.807, 2.05) is 0 Å². The Bertz CT molecular complexity index is 391. The first-order valence-electron chi connectivity index (χ1n) is 4.95. The Kier molecular flexibility index (Phi) is 2.47. The van der Waals surface area contributed by atoms with Gasteiger partial charge in [0.15, 0.2) is 0 Å². The summed E-state index contributed by atoms with van der Waals surface area (Å²) in [5, 5.41) is 0. The van der Waals surface area contributed by atoms with E-state index in [2.05, 4.69) is 30.1 Å². The van der Waals surface area contributed by atoms with Gasteiger partial charge in [0.05, 0.1) is 6.04 Å². The van der Waals surface area contributed by atoms with Crippen molar-refractivity contribution in [3.8, 4) is 0 Å². The molecule has 1 unspecified atom stereocenters. The van der Waals surface area contributed by atoms with Gasteiger partial charge in [0.25, 0.3) is 0 Å². The highest BCUT2D eigenvalue weighted by molar-refractivity contribution is 5.37. The topological polar surface area (TPSA) is 29.4 Å². The second-order valence-electron chi connectivity index (χ2n) is 3.89. The Hall–Kier alpha value is -1.40. The average Bonchev–Trinajstić information content (AvgIpc) is 2.17. The highest BCUT2D eigenvalue weighted by Crippen LogP contribution is 2.23. The molecule has 0 aliphatic heterocycles. The SMILES string of the molecule is Cc1ccc2c(c1)CC(N=C=O)CC2. The highest BCUT2D eigenvalue weighted by atomic mass is 16.1. The lowest BCUT2D eigenvalue weighted by Gasteiger charge is -2.20. The van der Waals surface area contributed by atoms with Crippen LogP contribution in [0, 0.1) is 6.92 Å². The Balaban J connectivity index is 2.28.